The number of esters is 2. The van der Waals surface area contributed by atoms with Gasteiger partial charge in [-0.15, -0.1) is 0 Å². The highest BCUT2D eigenvalue weighted by Crippen LogP contribution is 2.27. The van der Waals surface area contributed by atoms with Crippen molar-refractivity contribution in [3.8, 4) is 17.2 Å². The molecule has 1 N–H and O–H groups in total. The predicted octanol–water partition coefficient (Wildman–Crippen LogP) is 7.84. The molecule has 0 atom stereocenters. The smallest absolute Gasteiger partial charge is 0.311 e. The van der Waals surface area contributed by atoms with Crippen LogP contribution in [0.1, 0.15) is 91.2 Å². The number of carbonyl (C=O) groups is 2. The zero-order valence-corrected chi connectivity index (χ0v) is 25.7. The van der Waals surface area contributed by atoms with Crippen LogP contribution in [0.3, 0.4) is 0 Å². The molecule has 2 rings (SSSR count). The Bertz CT molecular complexity index is 1120. The van der Waals surface area contributed by atoms with E-state index in [-0.39, 0.29) is 17.7 Å². The van der Waals surface area contributed by atoms with Crippen LogP contribution in [0.4, 0.5) is 0 Å². The minimum Gasteiger partial charge on any atom is -0.508 e. The predicted molar refractivity (Wildman–Crippen MR) is 163 cm³/mol. The molecule has 226 valence electrons. The SMILES string of the molecule is CCCOC(=O)C(C)(C)CCCOc1ccc(/C=C/c2cc(O)cc(OCCCC(C)(C)C(=O)OCCC)c2)cc1. The molecule has 0 unspecified atom stereocenters. The third kappa shape index (κ3) is 12.3. The molecule has 0 saturated heterocycles. The molecule has 0 saturated carbocycles. The number of hydrogen-bond acceptors (Lipinski definition) is 7. The van der Waals surface area contributed by atoms with Crippen molar-refractivity contribution >= 4 is 24.1 Å². The van der Waals surface area contributed by atoms with Crippen molar-refractivity contribution in [2.75, 3.05) is 26.4 Å². The molecule has 2 aromatic rings. The van der Waals surface area contributed by atoms with Gasteiger partial charge in [0.1, 0.15) is 17.2 Å². The Morgan fingerprint density at radius 2 is 1.17 bits per heavy atom. The minimum atomic E-state index is -0.563. The standard InChI is InChI=1S/C34H48O7/c1-7-19-40-31(36)33(3,4)17-9-21-38-29-15-13-26(14-16-29)11-12-27-23-28(35)25-30(24-27)39-22-10-18-34(5,6)32(37)41-20-8-2/h11-16,23-25,35H,7-10,17-22H2,1-6H3/b12-11+. The van der Waals surface area contributed by atoms with Crippen molar-refractivity contribution in [3.63, 3.8) is 0 Å². The summed E-state index contributed by atoms with van der Waals surface area (Å²) in [4.78, 5) is 24.4. The number of phenols is 1. The molecular formula is C34H48O7. The molecular weight excluding hydrogens is 520 g/mol. The van der Waals surface area contributed by atoms with E-state index in [1.54, 1.807) is 12.1 Å². The Morgan fingerprint density at radius 3 is 1.68 bits per heavy atom. The Kier molecular flexibility index (Phi) is 13.7. The molecule has 0 amide bonds. The molecule has 0 radical (unpaired) electrons. The average molecular weight is 569 g/mol. The van der Waals surface area contributed by atoms with E-state index in [9.17, 15) is 14.7 Å². The topological polar surface area (TPSA) is 91.3 Å². The van der Waals surface area contributed by atoms with Crippen molar-refractivity contribution < 1.29 is 33.6 Å². The van der Waals surface area contributed by atoms with Crippen molar-refractivity contribution in [2.45, 2.75) is 80.1 Å². The summed E-state index contributed by atoms with van der Waals surface area (Å²) < 4.78 is 22.3. The summed E-state index contributed by atoms with van der Waals surface area (Å²) in [5.74, 6) is 1.11. The minimum absolute atomic E-state index is 0.121. The van der Waals surface area contributed by atoms with Gasteiger partial charge in [0, 0.05) is 6.07 Å². The van der Waals surface area contributed by atoms with Crippen LogP contribution in [0, 0.1) is 10.8 Å². The van der Waals surface area contributed by atoms with Gasteiger partial charge in [-0.2, -0.15) is 0 Å². The van der Waals surface area contributed by atoms with Gasteiger partial charge < -0.3 is 24.1 Å². The number of carbonyl (C=O) groups excluding carboxylic acids is 2. The average Bonchev–Trinajstić information content (AvgIpc) is 2.94. The molecule has 41 heavy (non-hydrogen) atoms. The molecule has 0 aliphatic carbocycles. The van der Waals surface area contributed by atoms with E-state index in [0.29, 0.717) is 51.4 Å². The van der Waals surface area contributed by atoms with E-state index in [1.807, 2.05) is 84.0 Å². The summed E-state index contributed by atoms with van der Waals surface area (Å²) in [6.45, 7) is 13.4. The molecule has 7 nitrogen and oxygen atoms in total. The van der Waals surface area contributed by atoms with E-state index >= 15 is 0 Å². The molecule has 0 aromatic heterocycles. The quantitative estimate of drug-likeness (QED) is 0.111. The van der Waals surface area contributed by atoms with E-state index < -0.39 is 10.8 Å². The van der Waals surface area contributed by atoms with E-state index in [2.05, 4.69) is 0 Å². The highest BCUT2D eigenvalue weighted by Gasteiger charge is 2.29. The van der Waals surface area contributed by atoms with E-state index in [1.165, 1.54) is 0 Å². The molecule has 0 spiro atoms. The number of ether oxygens (including phenoxy) is 4. The van der Waals surface area contributed by atoms with Gasteiger partial charge in [0.05, 0.1) is 37.3 Å². The van der Waals surface area contributed by atoms with Crippen LogP contribution in [0.15, 0.2) is 42.5 Å². The Morgan fingerprint density at radius 1 is 0.683 bits per heavy atom. The monoisotopic (exact) mass is 568 g/mol. The van der Waals surface area contributed by atoms with Gasteiger partial charge in [-0.3, -0.25) is 9.59 Å². The molecule has 0 aliphatic rings. The largest absolute Gasteiger partial charge is 0.508 e. The second-order valence-electron chi connectivity index (χ2n) is 11.6. The molecule has 2 aromatic carbocycles. The zero-order valence-electron chi connectivity index (χ0n) is 25.7. The number of rotatable bonds is 18. The normalized spacial score (nSPS) is 11.9. The number of benzene rings is 2. The van der Waals surface area contributed by atoms with Gasteiger partial charge in [-0.25, -0.2) is 0 Å². The first-order valence-corrected chi connectivity index (χ1v) is 14.7. The van der Waals surface area contributed by atoms with E-state index in [4.69, 9.17) is 18.9 Å². The third-order valence-corrected chi connectivity index (χ3v) is 6.67. The van der Waals surface area contributed by atoms with Crippen molar-refractivity contribution in [2.24, 2.45) is 10.8 Å². The van der Waals surface area contributed by atoms with Gasteiger partial charge in [-0.1, -0.05) is 38.1 Å². The van der Waals surface area contributed by atoms with Crippen LogP contribution in [-0.4, -0.2) is 43.5 Å². The van der Waals surface area contributed by atoms with Crippen LogP contribution in [0.25, 0.3) is 12.2 Å². The van der Waals surface area contributed by atoms with Crippen LogP contribution >= 0.6 is 0 Å². The summed E-state index contributed by atoms with van der Waals surface area (Å²) in [6.07, 6.45) is 8.27. The van der Waals surface area contributed by atoms with Crippen LogP contribution in [-0.2, 0) is 19.1 Å². The van der Waals surface area contributed by atoms with Gasteiger partial charge >= 0.3 is 11.9 Å². The summed E-state index contributed by atoms with van der Waals surface area (Å²) in [5.41, 5.74) is 0.709. The number of hydrogen-bond donors (Lipinski definition) is 1. The first-order valence-electron chi connectivity index (χ1n) is 14.7. The van der Waals surface area contributed by atoms with Gasteiger partial charge in [-0.05, 0) is 102 Å². The van der Waals surface area contributed by atoms with Crippen LogP contribution in [0.2, 0.25) is 0 Å². The molecule has 7 heteroatoms. The fraction of sp³-hybridized carbons (Fsp3) is 0.529. The van der Waals surface area contributed by atoms with Crippen LogP contribution in [0.5, 0.6) is 17.2 Å². The second kappa shape index (κ2) is 16.7. The highest BCUT2D eigenvalue weighted by atomic mass is 16.5. The first kappa shape index (κ1) is 33.7. The lowest BCUT2D eigenvalue weighted by molar-refractivity contribution is -0.155. The molecule has 0 bridgehead atoms. The third-order valence-electron chi connectivity index (χ3n) is 6.67. The van der Waals surface area contributed by atoms with Crippen molar-refractivity contribution in [3.05, 3.63) is 53.6 Å². The molecule has 0 heterocycles. The zero-order chi connectivity index (χ0) is 30.3. The number of aromatic hydroxyl groups is 1. The van der Waals surface area contributed by atoms with E-state index in [0.717, 1.165) is 36.1 Å². The van der Waals surface area contributed by atoms with Crippen molar-refractivity contribution in [1.29, 1.82) is 0 Å². The lowest BCUT2D eigenvalue weighted by atomic mass is 9.88. The maximum atomic E-state index is 12.2. The Hall–Kier alpha value is -3.48. The summed E-state index contributed by atoms with van der Waals surface area (Å²) in [7, 11) is 0. The van der Waals surface area contributed by atoms with Gasteiger partial charge in [0.25, 0.3) is 0 Å². The fourth-order valence-corrected chi connectivity index (χ4v) is 4.05. The lowest BCUT2D eigenvalue weighted by Crippen LogP contribution is -2.27. The maximum Gasteiger partial charge on any atom is 0.311 e. The summed E-state index contributed by atoms with van der Waals surface area (Å²) in [6, 6.07) is 12.9. The molecule has 0 aliphatic heterocycles. The van der Waals surface area contributed by atoms with Gasteiger partial charge in [0.2, 0.25) is 0 Å². The molecule has 0 fully saturated rings. The summed E-state index contributed by atoms with van der Waals surface area (Å²) >= 11 is 0. The second-order valence-corrected chi connectivity index (χ2v) is 11.6. The Labute approximate surface area is 245 Å². The van der Waals surface area contributed by atoms with Crippen LogP contribution < -0.4 is 9.47 Å². The van der Waals surface area contributed by atoms with Gasteiger partial charge in [0.15, 0.2) is 0 Å². The number of phenolic OH excluding ortho intramolecular Hbond substituents is 1. The Balaban J connectivity index is 1.82. The fourth-order valence-electron chi connectivity index (χ4n) is 4.05. The maximum absolute atomic E-state index is 12.2. The first-order chi connectivity index (χ1) is 19.5. The lowest BCUT2D eigenvalue weighted by Gasteiger charge is -2.22. The summed E-state index contributed by atoms with van der Waals surface area (Å²) in [5, 5.41) is 10.2. The highest BCUT2D eigenvalue weighted by molar-refractivity contribution is 5.76. The van der Waals surface area contributed by atoms with Crippen molar-refractivity contribution in [1.82, 2.24) is 0 Å².